The topological polar surface area (TPSA) is 37.3 Å². The number of hydrogen-bond donors (Lipinski definition) is 1. The Morgan fingerprint density at radius 3 is 2.93 bits per heavy atom. The third-order valence-electron chi connectivity index (χ3n) is 9.76. The van der Waals surface area contributed by atoms with E-state index in [2.05, 4.69) is 37.8 Å². The van der Waals surface area contributed by atoms with Gasteiger partial charge < -0.3 is 5.11 Å². The van der Waals surface area contributed by atoms with Gasteiger partial charge in [-0.05, 0) is 103 Å². The predicted octanol–water partition coefficient (Wildman–Crippen LogP) is 5.65. The number of fused-ring (bicyclic) bond motifs is 7. The van der Waals surface area contributed by atoms with Gasteiger partial charge in [0.1, 0.15) is 0 Å². The molecule has 0 aromatic carbocycles. The van der Waals surface area contributed by atoms with Gasteiger partial charge in [0.05, 0.1) is 6.61 Å². The molecule has 0 heterocycles. The van der Waals surface area contributed by atoms with E-state index in [1.807, 2.05) is 12.2 Å². The van der Waals surface area contributed by atoms with Crippen molar-refractivity contribution < 1.29 is 9.90 Å². The van der Waals surface area contributed by atoms with Crippen molar-refractivity contribution in [2.75, 3.05) is 6.61 Å². The lowest BCUT2D eigenvalue weighted by atomic mass is 9.46. The van der Waals surface area contributed by atoms with E-state index in [4.69, 9.17) is 0 Å². The van der Waals surface area contributed by atoms with Crippen LogP contribution in [-0.4, -0.2) is 17.5 Å². The summed E-state index contributed by atoms with van der Waals surface area (Å²) < 4.78 is 0. The first-order valence-corrected chi connectivity index (χ1v) is 11.9. The van der Waals surface area contributed by atoms with E-state index in [0.717, 1.165) is 42.9 Å². The van der Waals surface area contributed by atoms with Crippen molar-refractivity contribution >= 4 is 5.78 Å². The summed E-state index contributed by atoms with van der Waals surface area (Å²) in [5, 5.41) is 9.61. The lowest BCUT2D eigenvalue weighted by Crippen LogP contribution is -2.51. The third-order valence-corrected chi connectivity index (χ3v) is 9.76. The molecule has 1 N–H and O–H groups in total. The first kappa shape index (κ1) is 19.5. The molecule has 0 bridgehead atoms. The van der Waals surface area contributed by atoms with Gasteiger partial charge in [-0.15, -0.1) is 6.58 Å². The second-order valence-electron chi connectivity index (χ2n) is 10.4. The fourth-order valence-electron chi connectivity index (χ4n) is 8.80. The number of hydrogen-bond acceptors (Lipinski definition) is 2. The normalized spacial score (nSPS) is 47.2. The Morgan fingerprint density at radius 1 is 1.31 bits per heavy atom. The standard InChI is InChI=1S/C27H36O2/c1-3-5-12-27(13-6-15-28)24-17-23(24)25-22-9-7-18-16-19(29)8-10-20(18)21(22)11-14-26(25,27)4-2/h3,6-7,9,13,16,20-25,28H,1,4-5,8,10-12,14-15,17H2,2H3/b13-6-/t20?,21?,22?,23?,24-,25?,26?,27+/m0/s1. The first-order valence-electron chi connectivity index (χ1n) is 11.9. The molecule has 2 heteroatoms. The van der Waals surface area contributed by atoms with Crippen molar-refractivity contribution in [3.8, 4) is 0 Å². The van der Waals surface area contributed by atoms with Crippen LogP contribution in [0.25, 0.3) is 0 Å². The van der Waals surface area contributed by atoms with E-state index in [9.17, 15) is 9.90 Å². The van der Waals surface area contributed by atoms with E-state index in [1.54, 1.807) is 0 Å². The number of rotatable bonds is 6. The molecule has 0 saturated heterocycles. The van der Waals surface area contributed by atoms with Gasteiger partial charge in [-0.1, -0.05) is 37.3 Å². The second-order valence-corrected chi connectivity index (χ2v) is 10.4. The highest BCUT2D eigenvalue weighted by Crippen LogP contribution is 2.81. The highest BCUT2D eigenvalue weighted by atomic mass is 16.2. The Labute approximate surface area is 175 Å². The Bertz CT molecular complexity index is 788. The number of aliphatic hydroxyl groups excluding tert-OH is 1. The van der Waals surface area contributed by atoms with E-state index in [0.29, 0.717) is 23.0 Å². The van der Waals surface area contributed by atoms with Gasteiger partial charge in [-0.2, -0.15) is 0 Å². The number of ketones is 1. The van der Waals surface area contributed by atoms with Crippen LogP contribution in [0.4, 0.5) is 0 Å². The van der Waals surface area contributed by atoms with Crippen molar-refractivity contribution in [2.45, 2.75) is 58.3 Å². The van der Waals surface area contributed by atoms with Crippen LogP contribution < -0.4 is 0 Å². The van der Waals surface area contributed by atoms with Crippen LogP contribution in [0, 0.1) is 46.3 Å². The molecule has 0 aromatic heterocycles. The van der Waals surface area contributed by atoms with Crippen LogP contribution >= 0.6 is 0 Å². The predicted molar refractivity (Wildman–Crippen MR) is 117 cm³/mol. The van der Waals surface area contributed by atoms with E-state index < -0.39 is 0 Å². The highest BCUT2D eigenvalue weighted by molar-refractivity contribution is 5.91. The SMILES string of the molecule is C=CCC[C@@]1(/C=C\CO)[C@H]2CC2C2C3C=CC4=CC(=O)CCC4C3CCC21CC. The molecule has 3 fully saturated rings. The molecule has 29 heavy (non-hydrogen) atoms. The molecule has 0 spiro atoms. The minimum atomic E-state index is 0.147. The van der Waals surface area contributed by atoms with Crippen molar-refractivity contribution in [3.63, 3.8) is 0 Å². The number of carbonyl (C=O) groups excluding carboxylic acids is 1. The minimum Gasteiger partial charge on any atom is -0.392 e. The molecule has 5 rings (SSSR count). The zero-order valence-corrected chi connectivity index (χ0v) is 17.9. The largest absolute Gasteiger partial charge is 0.392 e. The molecule has 0 aliphatic heterocycles. The summed E-state index contributed by atoms with van der Waals surface area (Å²) in [6, 6.07) is 0. The van der Waals surface area contributed by atoms with Crippen LogP contribution in [0.15, 0.2) is 48.6 Å². The minimum absolute atomic E-state index is 0.147. The Hall–Kier alpha value is -1.41. The lowest BCUT2D eigenvalue weighted by molar-refractivity contribution is -0.115. The van der Waals surface area contributed by atoms with Gasteiger partial charge in [0, 0.05) is 6.42 Å². The number of allylic oxidation sites excluding steroid dienone is 6. The summed E-state index contributed by atoms with van der Waals surface area (Å²) in [6.45, 7) is 6.59. The van der Waals surface area contributed by atoms with Crippen LogP contribution in [-0.2, 0) is 4.79 Å². The average molecular weight is 393 g/mol. The van der Waals surface area contributed by atoms with Crippen molar-refractivity contribution in [1.82, 2.24) is 0 Å². The van der Waals surface area contributed by atoms with Crippen LogP contribution in [0.3, 0.4) is 0 Å². The summed E-state index contributed by atoms with van der Waals surface area (Å²) >= 11 is 0. The summed E-state index contributed by atoms with van der Waals surface area (Å²) in [7, 11) is 0. The molecule has 0 radical (unpaired) electrons. The number of aliphatic hydroxyl groups is 1. The quantitative estimate of drug-likeness (QED) is 0.593. The molecule has 0 amide bonds. The molecule has 156 valence electrons. The van der Waals surface area contributed by atoms with Gasteiger partial charge in [0.15, 0.2) is 5.78 Å². The summed E-state index contributed by atoms with van der Waals surface area (Å²) in [5.41, 5.74) is 1.90. The molecule has 6 unspecified atom stereocenters. The van der Waals surface area contributed by atoms with Gasteiger partial charge in [0.25, 0.3) is 0 Å². The molecule has 8 atom stereocenters. The number of carbonyl (C=O) groups is 1. The summed E-state index contributed by atoms with van der Waals surface area (Å²) in [5.74, 6) is 4.71. The Morgan fingerprint density at radius 2 is 2.17 bits per heavy atom. The average Bonchev–Trinajstić information content (AvgIpc) is 3.49. The van der Waals surface area contributed by atoms with E-state index >= 15 is 0 Å². The molecular weight excluding hydrogens is 356 g/mol. The highest BCUT2D eigenvalue weighted by Gasteiger charge is 2.75. The lowest BCUT2D eigenvalue weighted by Gasteiger charge is -2.58. The zero-order valence-electron chi connectivity index (χ0n) is 17.9. The van der Waals surface area contributed by atoms with Gasteiger partial charge >= 0.3 is 0 Å². The Balaban J connectivity index is 1.56. The van der Waals surface area contributed by atoms with Gasteiger partial charge in [-0.25, -0.2) is 0 Å². The Kier molecular flexibility index (Phi) is 4.77. The molecule has 2 nitrogen and oxygen atoms in total. The van der Waals surface area contributed by atoms with Crippen molar-refractivity contribution in [2.24, 2.45) is 46.3 Å². The molecule has 0 aromatic rings. The molecule has 5 aliphatic rings. The van der Waals surface area contributed by atoms with Crippen LogP contribution in [0.1, 0.15) is 58.3 Å². The summed E-state index contributed by atoms with van der Waals surface area (Å²) in [4.78, 5) is 12.0. The second kappa shape index (κ2) is 7.08. The maximum atomic E-state index is 12.0. The maximum Gasteiger partial charge on any atom is 0.155 e. The fourth-order valence-corrected chi connectivity index (χ4v) is 8.80. The zero-order chi connectivity index (χ0) is 20.2. The van der Waals surface area contributed by atoms with Crippen LogP contribution in [0.2, 0.25) is 0 Å². The van der Waals surface area contributed by atoms with Gasteiger partial charge in [0.2, 0.25) is 0 Å². The molecule has 5 aliphatic carbocycles. The van der Waals surface area contributed by atoms with Gasteiger partial charge in [-0.3, -0.25) is 4.79 Å². The first-order chi connectivity index (χ1) is 14.1. The smallest absolute Gasteiger partial charge is 0.155 e. The van der Waals surface area contributed by atoms with Crippen molar-refractivity contribution in [1.29, 1.82) is 0 Å². The van der Waals surface area contributed by atoms with Crippen molar-refractivity contribution in [3.05, 3.63) is 48.6 Å². The fraction of sp³-hybridized carbons (Fsp3) is 0.667. The summed E-state index contributed by atoms with van der Waals surface area (Å²) in [6.07, 6.45) is 22.6. The molecular formula is C27H36O2. The van der Waals surface area contributed by atoms with Crippen LogP contribution in [0.5, 0.6) is 0 Å². The monoisotopic (exact) mass is 392 g/mol. The van der Waals surface area contributed by atoms with E-state index in [-0.39, 0.29) is 12.0 Å². The maximum absolute atomic E-state index is 12.0. The molecule has 3 saturated carbocycles. The third kappa shape index (κ3) is 2.60. The van der Waals surface area contributed by atoms with E-state index in [1.165, 1.54) is 37.7 Å².